The highest BCUT2D eigenvalue weighted by atomic mass is 16.4. The number of rotatable bonds is 3. The van der Waals surface area contributed by atoms with Gasteiger partial charge in [-0.25, -0.2) is 9.59 Å². The zero-order chi connectivity index (χ0) is 15.1. The molecule has 2 N–H and O–H groups in total. The van der Waals surface area contributed by atoms with Crippen molar-refractivity contribution < 1.29 is 24.3 Å². The molecule has 0 aromatic rings. The van der Waals surface area contributed by atoms with E-state index in [2.05, 4.69) is 5.32 Å². The van der Waals surface area contributed by atoms with Crippen LogP contribution in [0.2, 0.25) is 0 Å². The first-order valence-electron chi connectivity index (χ1n) is 6.40. The van der Waals surface area contributed by atoms with E-state index in [4.69, 9.17) is 5.11 Å². The molecule has 8 heteroatoms. The minimum atomic E-state index is -1.06. The molecule has 0 spiro atoms. The summed E-state index contributed by atoms with van der Waals surface area (Å²) in [5.41, 5.74) is -1.03. The highest BCUT2D eigenvalue weighted by Gasteiger charge is 2.46. The third-order valence-corrected chi connectivity index (χ3v) is 3.60. The van der Waals surface area contributed by atoms with E-state index < -0.39 is 41.9 Å². The van der Waals surface area contributed by atoms with Crippen LogP contribution in [0.3, 0.4) is 0 Å². The minimum absolute atomic E-state index is 0.336. The van der Waals surface area contributed by atoms with Gasteiger partial charge >= 0.3 is 12.0 Å². The van der Waals surface area contributed by atoms with Gasteiger partial charge in [0, 0.05) is 6.54 Å². The van der Waals surface area contributed by atoms with E-state index in [0.29, 0.717) is 19.4 Å². The fourth-order valence-corrected chi connectivity index (χ4v) is 2.51. The van der Waals surface area contributed by atoms with Crippen molar-refractivity contribution in [3.63, 3.8) is 0 Å². The fraction of sp³-hybridized carbons (Fsp3) is 0.667. The first-order chi connectivity index (χ1) is 9.24. The van der Waals surface area contributed by atoms with Gasteiger partial charge in [-0.15, -0.1) is 0 Å². The number of carboxylic acid groups (broad SMARTS) is 1. The topological polar surface area (TPSA) is 107 Å². The lowest BCUT2D eigenvalue weighted by Crippen LogP contribution is -2.47. The molecule has 0 unspecified atom stereocenters. The smallest absolute Gasteiger partial charge is 0.326 e. The normalized spacial score (nSPS) is 25.0. The molecule has 110 valence electrons. The monoisotopic (exact) mass is 283 g/mol. The number of nitrogens with zero attached hydrogens (tertiary/aromatic N) is 2. The van der Waals surface area contributed by atoms with Crippen LogP contribution in [0.25, 0.3) is 0 Å². The van der Waals surface area contributed by atoms with Crippen LogP contribution in [0.15, 0.2) is 0 Å². The Morgan fingerprint density at radius 3 is 2.55 bits per heavy atom. The SMILES string of the molecule is CC1(C)NC(=O)N(CC(=O)N2CCC[C@H]2C(=O)O)C1=O. The number of amides is 4. The van der Waals surface area contributed by atoms with Crippen LogP contribution in [0.4, 0.5) is 4.79 Å². The third kappa shape index (κ3) is 2.33. The van der Waals surface area contributed by atoms with Crippen LogP contribution >= 0.6 is 0 Å². The van der Waals surface area contributed by atoms with Crippen molar-refractivity contribution >= 4 is 23.8 Å². The van der Waals surface area contributed by atoms with Crippen molar-refractivity contribution in [2.45, 2.75) is 38.3 Å². The number of urea groups is 1. The van der Waals surface area contributed by atoms with E-state index >= 15 is 0 Å². The summed E-state index contributed by atoms with van der Waals surface area (Å²) < 4.78 is 0. The summed E-state index contributed by atoms with van der Waals surface area (Å²) in [6.07, 6.45) is 1.00. The van der Waals surface area contributed by atoms with E-state index in [1.807, 2.05) is 0 Å². The van der Waals surface area contributed by atoms with Crippen molar-refractivity contribution in [3.8, 4) is 0 Å². The molecule has 0 saturated carbocycles. The first-order valence-corrected chi connectivity index (χ1v) is 6.40. The minimum Gasteiger partial charge on any atom is -0.480 e. The second-order valence-electron chi connectivity index (χ2n) is 5.53. The molecule has 20 heavy (non-hydrogen) atoms. The Bertz CT molecular complexity index is 487. The Balaban J connectivity index is 2.07. The molecule has 0 aliphatic carbocycles. The average molecular weight is 283 g/mol. The highest BCUT2D eigenvalue weighted by molar-refractivity contribution is 6.08. The summed E-state index contributed by atoms with van der Waals surface area (Å²) in [6, 6.07) is -1.49. The van der Waals surface area contributed by atoms with E-state index in [9.17, 15) is 19.2 Å². The Morgan fingerprint density at radius 1 is 1.40 bits per heavy atom. The third-order valence-electron chi connectivity index (χ3n) is 3.60. The molecule has 1 atom stereocenters. The van der Waals surface area contributed by atoms with Gasteiger partial charge in [0.2, 0.25) is 5.91 Å². The van der Waals surface area contributed by atoms with Crippen LogP contribution in [-0.2, 0) is 14.4 Å². The summed E-state index contributed by atoms with van der Waals surface area (Å²) in [5, 5.41) is 11.5. The van der Waals surface area contributed by atoms with Crippen LogP contribution in [-0.4, -0.2) is 63.4 Å². The van der Waals surface area contributed by atoms with E-state index in [1.165, 1.54) is 4.90 Å². The largest absolute Gasteiger partial charge is 0.480 e. The molecule has 0 aromatic carbocycles. The maximum Gasteiger partial charge on any atom is 0.326 e. The number of aliphatic carboxylic acids is 1. The predicted molar refractivity (Wildman–Crippen MR) is 66.7 cm³/mol. The van der Waals surface area contributed by atoms with Crippen molar-refractivity contribution in [1.82, 2.24) is 15.1 Å². The molecule has 2 aliphatic heterocycles. The standard InChI is InChI=1S/C12H17N3O5/c1-12(2)10(19)15(11(20)13-12)6-8(16)14-5-3-4-7(14)9(17)18/h7H,3-6H2,1-2H3,(H,13,20)(H,17,18)/t7-/m0/s1. The fourth-order valence-electron chi connectivity index (χ4n) is 2.51. The molecule has 0 radical (unpaired) electrons. The number of likely N-dealkylation sites (tertiary alicyclic amines) is 1. The van der Waals surface area contributed by atoms with Gasteiger partial charge in [-0.2, -0.15) is 0 Å². The van der Waals surface area contributed by atoms with Gasteiger partial charge in [-0.1, -0.05) is 0 Å². The summed E-state index contributed by atoms with van der Waals surface area (Å²) in [4.78, 5) is 48.8. The van der Waals surface area contributed by atoms with Gasteiger partial charge < -0.3 is 15.3 Å². The number of hydrogen-bond acceptors (Lipinski definition) is 4. The molecule has 2 rings (SSSR count). The molecular weight excluding hydrogens is 266 g/mol. The molecule has 0 bridgehead atoms. The molecule has 0 aromatic heterocycles. The molecule has 2 fully saturated rings. The summed E-state index contributed by atoms with van der Waals surface area (Å²) in [5.74, 6) is -2.06. The van der Waals surface area contributed by atoms with Crippen molar-refractivity contribution in [2.75, 3.05) is 13.1 Å². The van der Waals surface area contributed by atoms with Crippen LogP contribution in [0.5, 0.6) is 0 Å². The maximum absolute atomic E-state index is 12.1. The van der Waals surface area contributed by atoms with E-state index in [1.54, 1.807) is 13.8 Å². The maximum atomic E-state index is 12.1. The number of nitrogens with one attached hydrogen (secondary N) is 1. The van der Waals surface area contributed by atoms with Crippen LogP contribution in [0, 0.1) is 0 Å². The Hall–Kier alpha value is -2.12. The average Bonchev–Trinajstić information content (AvgIpc) is 2.88. The predicted octanol–water partition coefficient (Wildman–Crippen LogP) is -0.608. The van der Waals surface area contributed by atoms with Gasteiger partial charge in [0.1, 0.15) is 18.1 Å². The van der Waals surface area contributed by atoms with Gasteiger partial charge in [0.15, 0.2) is 0 Å². The molecule has 2 aliphatic rings. The van der Waals surface area contributed by atoms with Gasteiger partial charge in [-0.3, -0.25) is 14.5 Å². The molecule has 4 amide bonds. The second-order valence-corrected chi connectivity index (χ2v) is 5.53. The number of imide groups is 1. The van der Waals surface area contributed by atoms with Crippen molar-refractivity contribution in [1.29, 1.82) is 0 Å². The zero-order valence-electron chi connectivity index (χ0n) is 11.4. The van der Waals surface area contributed by atoms with E-state index in [-0.39, 0.29) is 0 Å². The molecular formula is C12H17N3O5. The summed E-state index contributed by atoms with van der Waals surface area (Å²) >= 11 is 0. The number of carbonyl (C=O) groups excluding carboxylic acids is 3. The summed E-state index contributed by atoms with van der Waals surface area (Å²) in [7, 11) is 0. The number of hydrogen-bond donors (Lipinski definition) is 2. The van der Waals surface area contributed by atoms with Gasteiger partial charge in [0.05, 0.1) is 0 Å². The molecule has 2 heterocycles. The van der Waals surface area contributed by atoms with Crippen molar-refractivity contribution in [3.05, 3.63) is 0 Å². The number of carboxylic acids is 1. The van der Waals surface area contributed by atoms with E-state index in [0.717, 1.165) is 4.90 Å². The lowest BCUT2D eigenvalue weighted by Gasteiger charge is -2.23. The lowest BCUT2D eigenvalue weighted by atomic mass is 10.1. The first kappa shape index (κ1) is 14.3. The van der Waals surface area contributed by atoms with Crippen LogP contribution in [0.1, 0.15) is 26.7 Å². The quantitative estimate of drug-likeness (QED) is 0.672. The Labute approximate surface area is 115 Å². The number of carbonyl (C=O) groups is 4. The summed E-state index contributed by atoms with van der Waals surface area (Å²) in [6.45, 7) is 3.02. The lowest BCUT2D eigenvalue weighted by molar-refractivity contribution is -0.149. The molecule has 8 nitrogen and oxygen atoms in total. The Kier molecular flexibility index (Phi) is 3.41. The zero-order valence-corrected chi connectivity index (χ0v) is 11.4. The van der Waals surface area contributed by atoms with Gasteiger partial charge in [0.25, 0.3) is 5.91 Å². The molecule has 2 saturated heterocycles. The second kappa shape index (κ2) is 4.77. The van der Waals surface area contributed by atoms with Crippen molar-refractivity contribution in [2.24, 2.45) is 0 Å². The van der Waals surface area contributed by atoms with Gasteiger partial charge in [-0.05, 0) is 26.7 Å². The Morgan fingerprint density at radius 2 is 2.05 bits per heavy atom. The van der Waals surface area contributed by atoms with Crippen LogP contribution < -0.4 is 5.32 Å². The highest BCUT2D eigenvalue weighted by Crippen LogP contribution is 2.20.